The van der Waals surface area contributed by atoms with Crippen LogP contribution in [0.25, 0.3) is 0 Å². The van der Waals surface area contributed by atoms with Gasteiger partial charge in [-0.3, -0.25) is 24.1 Å². The molecule has 218 valence electrons. The summed E-state index contributed by atoms with van der Waals surface area (Å²) in [5, 5.41) is 4.75. The Morgan fingerprint density at radius 2 is 1.82 bits per heavy atom. The van der Waals surface area contributed by atoms with Gasteiger partial charge >= 0.3 is 10.4 Å². The summed E-state index contributed by atoms with van der Waals surface area (Å²) in [5.41, 5.74) is 10.1. The molecule has 17 nitrogen and oxygen atoms in total. The highest BCUT2D eigenvalue weighted by atomic mass is 32.3. The average molecular weight is 622 g/mol. The predicted molar refractivity (Wildman–Crippen MR) is 138 cm³/mol. The number of primary amides is 1. The van der Waals surface area contributed by atoms with E-state index in [1.807, 2.05) is 0 Å². The van der Waals surface area contributed by atoms with E-state index in [2.05, 4.69) is 20.1 Å². The molecule has 2 aromatic carbocycles. The fourth-order valence-corrected chi connectivity index (χ4v) is 5.79. The fourth-order valence-electron chi connectivity index (χ4n) is 3.51. The first-order valence-corrected chi connectivity index (χ1v) is 15.2. The molecule has 0 saturated carbocycles. The minimum Gasteiger partial charge on any atom is -0.494 e. The van der Waals surface area contributed by atoms with Crippen LogP contribution < -0.4 is 26.3 Å². The molecule has 0 radical (unpaired) electrons. The van der Waals surface area contributed by atoms with Gasteiger partial charge < -0.3 is 10.5 Å². The van der Waals surface area contributed by atoms with Crippen molar-refractivity contribution in [3.8, 4) is 5.75 Å². The van der Waals surface area contributed by atoms with Crippen molar-refractivity contribution in [3.63, 3.8) is 0 Å². The van der Waals surface area contributed by atoms with Crippen molar-refractivity contribution < 1.29 is 52.9 Å². The smallest absolute Gasteiger partial charge is 0.397 e. The van der Waals surface area contributed by atoms with Crippen molar-refractivity contribution in [1.82, 2.24) is 5.43 Å². The number of sulfone groups is 1. The van der Waals surface area contributed by atoms with E-state index in [-0.39, 0.29) is 27.6 Å². The summed E-state index contributed by atoms with van der Waals surface area (Å²) < 4.78 is 96.9. The van der Waals surface area contributed by atoms with E-state index in [0.29, 0.717) is 0 Å². The highest BCUT2D eigenvalue weighted by molar-refractivity contribution is 7.91. The molecule has 0 aromatic heterocycles. The van der Waals surface area contributed by atoms with Gasteiger partial charge in [-0.25, -0.2) is 23.0 Å². The lowest BCUT2D eigenvalue weighted by Crippen LogP contribution is -2.45. The number of nitrogens with zero attached hydrogens (tertiary/aromatic N) is 2. The Kier molecular flexibility index (Phi) is 8.84. The molecule has 0 bridgehead atoms. The van der Waals surface area contributed by atoms with Crippen molar-refractivity contribution in [2.45, 2.75) is 22.8 Å². The maximum atomic E-state index is 13.1. The molecule has 40 heavy (non-hydrogen) atoms. The maximum absolute atomic E-state index is 13.1. The zero-order chi connectivity index (χ0) is 30.0. The third kappa shape index (κ3) is 7.10. The van der Waals surface area contributed by atoms with Crippen molar-refractivity contribution in [1.29, 1.82) is 0 Å². The van der Waals surface area contributed by atoms with Gasteiger partial charge in [0.15, 0.2) is 21.6 Å². The summed E-state index contributed by atoms with van der Waals surface area (Å²) in [6.45, 7) is 0.566. The first-order valence-electron chi connectivity index (χ1n) is 10.8. The number of methoxy groups -OCH3 is 1. The Hall–Kier alpha value is -3.66. The molecular formula is C20H23N5O12S3. The minimum atomic E-state index is -4.84. The molecule has 1 saturated heterocycles. The second-order valence-corrected chi connectivity index (χ2v) is 12.7. The number of nitrogens with one attached hydrogen (secondary N) is 2. The van der Waals surface area contributed by atoms with E-state index in [0.717, 1.165) is 23.2 Å². The van der Waals surface area contributed by atoms with Crippen LogP contribution in [-0.2, 0) is 44.1 Å². The van der Waals surface area contributed by atoms with Gasteiger partial charge in [-0.1, -0.05) is 6.07 Å². The average Bonchev–Trinajstić information content (AvgIpc) is 3.17. The molecule has 1 unspecified atom stereocenters. The Bertz CT molecular complexity index is 1710. The highest BCUT2D eigenvalue weighted by Gasteiger charge is 2.41. The number of hydrogen-bond donors (Lipinski definition) is 5. The zero-order valence-corrected chi connectivity index (χ0v) is 23.1. The fraction of sp³-hybridized carbons (Fsp3) is 0.250. The normalized spacial score (nSPS) is 17.3. The minimum absolute atomic E-state index is 0.0578. The molecule has 1 fully saturated rings. The van der Waals surface area contributed by atoms with Crippen molar-refractivity contribution >= 4 is 59.3 Å². The van der Waals surface area contributed by atoms with E-state index in [1.165, 1.54) is 32.2 Å². The molecule has 0 aliphatic carbocycles. The number of aryl methyl sites for hydroxylation is 1. The number of hydrogen-bond acceptors (Lipinski definition) is 13. The molecular weight excluding hydrogens is 598 g/mol. The van der Waals surface area contributed by atoms with Gasteiger partial charge in [-0.15, -0.1) is 0 Å². The third-order valence-corrected chi connectivity index (χ3v) is 8.45. The number of amides is 2. The lowest BCUT2D eigenvalue weighted by Gasteiger charge is -2.16. The van der Waals surface area contributed by atoms with Crippen molar-refractivity contribution in [2.75, 3.05) is 29.9 Å². The second-order valence-electron chi connectivity index (χ2n) is 8.07. The Morgan fingerprint density at radius 3 is 2.40 bits per heavy atom. The highest BCUT2D eigenvalue weighted by Crippen LogP contribution is 2.32. The number of nitrogens with two attached hydrogens (primary N) is 1. The largest absolute Gasteiger partial charge is 0.494 e. The monoisotopic (exact) mass is 621 g/mol. The van der Waals surface area contributed by atoms with Crippen LogP contribution in [0, 0.1) is 6.92 Å². The SMILES string of the molecule is COc1cc(S(=O)(=O)CCOS(=O)(=O)O)c(C)cc1NN=C1C(=O)N(c2cccc(S(=O)(=O)O)c2)NC1C(N)=O. The topological polar surface area (TPSA) is 261 Å². The van der Waals surface area contributed by atoms with Gasteiger partial charge in [0.2, 0.25) is 5.91 Å². The van der Waals surface area contributed by atoms with Crippen LogP contribution >= 0.6 is 0 Å². The van der Waals surface area contributed by atoms with E-state index in [9.17, 15) is 39.4 Å². The van der Waals surface area contributed by atoms with Crippen molar-refractivity contribution in [2.24, 2.45) is 10.8 Å². The molecule has 2 amide bonds. The first kappa shape index (κ1) is 30.9. The van der Waals surface area contributed by atoms with E-state index >= 15 is 0 Å². The summed E-state index contributed by atoms with van der Waals surface area (Å²) in [4.78, 5) is 24.3. The number of rotatable bonds is 11. The number of ether oxygens (including phenoxy) is 1. The van der Waals surface area contributed by atoms with Gasteiger partial charge in [0.1, 0.15) is 5.75 Å². The molecule has 1 aliphatic rings. The Morgan fingerprint density at radius 1 is 1.15 bits per heavy atom. The van der Waals surface area contributed by atoms with Crippen LogP contribution in [0.3, 0.4) is 0 Å². The first-order chi connectivity index (χ1) is 18.4. The predicted octanol–water partition coefficient (Wildman–Crippen LogP) is -0.983. The lowest BCUT2D eigenvalue weighted by molar-refractivity contribution is -0.118. The molecule has 1 atom stereocenters. The Balaban J connectivity index is 1.92. The van der Waals surface area contributed by atoms with Crippen molar-refractivity contribution in [3.05, 3.63) is 42.0 Å². The summed E-state index contributed by atoms with van der Waals surface area (Å²) in [7, 11) is -12.3. The molecule has 2 aromatic rings. The number of hydrazine groups is 1. The molecule has 1 aliphatic heterocycles. The van der Waals surface area contributed by atoms with Gasteiger partial charge in [0, 0.05) is 6.07 Å². The number of carbonyl (C=O) groups is 2. The number of hydrazone groups is 1. The Labute approximate surface area is 228 Å². The van der Waals surface area contributed by atoms with Gasteiger partial charge in [-0.05, 0) is 36.8 Å². The van der Waals surface area contributed by atoms with Gasteiger partial charge in [-0.2, -0.15) is 21.9 Å². The number of carbonyl (C=O) groups excluding carboxylic acids is 2. The quantitative estimate of drug-likeness (QED) is 0.149. The molecule has 0 spiro atoms. The van der Waals surface area contributed by atoms with Gasteiger partial charge in [0.05, 0.1) is 40.6 Å². The third-order valence-electron chi connectivity index (χ3n) is 5.33. The summed E-state index contributed by atoms with van der Waals surface area (Å²) >= 11 is 0. The van der Waals surface area contributed by atoms with Crippen LogP contribution in [-0.4, -0.2) is 77.4 Å². The van der Waals surface area contributed by atoms with Crippen LogP contribution in [0.4, 0.5) is 11.4 Å². The molecule has 1 heterocycles. The lowest BCUT2D eigenvalue weighted by atomic mass is 10.2. The van der Waals surface area contributed by atoms with Crippen LogP contribution in [0.2, 0.25) is 0 Å². The summed E-state index contributed by atoms with van der Waals surface area (Å²) in [6, 6.07) is 5.55. The standard InChI is InChI=1S/C20H23N5O12S3/c1-11-8-14(15(36-2)10-16(11)38(28,29)7-6-37-40(33,34)35)22-23-18-17(19(21)26)24-25(20(18)27)12-4-3-5-13(9-12)39(30,31)32/h3-5,8-10,17,22,24H,6-7H2,1-2H3,(H2,21,26)(H,30,31,32)(H,33,34,35). The number of benzene rings is 2. The van der Waals surface area contributed by atoms with E-state index < -0.39 is 71.2 Å². The summed E-state index contributed by atoms with van der Waals surface area (Å²) in [5.74, 6) is -2.78. The number of anilines is 2. The van der Waals surface area contributed by atoms with Gasteiger partial charge in [0.25, 0.3) is 16.0 Å². The van der Waals surface area contributed by atoms with E-state index in [1.54, 1.807) is 0 Å². The molecule has 3 rings (SSSR count). The summed E-state index contributed by atoms with van der Waals surface area (Å²) in [6.07, 6.45) is 0. The van der Waals surface area contributed by atoms with Crippen LogP contribution in [0.5, 0.6) is 5.75 Å². The molecule has 20 heteroatoms. The molecule has 6 N–H and O–H groups in total. The second kappa shape index (κ2) is 11.4. The van der Waals surface area contributed by atoms with Crippen LogP contribution in [0.15, 0.2) is 51.3 Å². The maximum Gasteiger partial charge on any atom is 0.397 e. The van der Waals surface area contributed by atoms with Crippen LogP contribution in [0.1, 0.15) is 5.56 Å². The zero-order valence-electron chi connectivity index (χ0n) is 20.6. The van der Waals surface area contributed by atoms with E-state index in [4.69, 9.17) is 15.0 Å².